The zero-order valence-corrected chi connectivity index (χ0v) is 31.0. The minimum absolute atomic E-state index is 0.0485. The van der Waals surface area contributed by atoms with Crippen LogP contribution < -0.4 is 0 Å². The van der Waals surface area contributed by atoms with Crippen LogP contribution in [0.3, 0.4) is 0 Å². The molecule has 1 rings (SSSR count). The van der Waals surface area contributed by atoms with Crippen LogP contribution in [0.5, 0.6) is 0 Å². The van der Waals surface area contributed by atoms with E-state index in [0.29, 0.717) is 26.1 Å². The summed E-state index contributed by atoms with van der Waals surface area (Å²) in [4.78, 5) is 24.4. The maximum atomic E-state index is 12.2. The Labute approximate surface area is 291 Å². The third kappa shape index (κ3) is 27.0. The third-order valence-corrected chi connectivity index (χ3v) is 9.88. The van der Waals surface area contributed by atoms with Crippen molar-refractivity contribution in [3.63, 3.8) is 0 Å². The summed E-state index contributed by atoms with van der Waals surface area (Å²) in [6.45, 7) is 5.23. The Morgan fingerprint density at radius 2 is 0.745 bits per heavy atom. The standard InChI is InChI=1S/C42H76O5/c1-3-5-7-9-11-13-15-17-19-21-23-25-27-29-31-33-41(44)46-36-39-38(35-43)40(39)37-47-42(45)34-32-30-28-26-24-22-20-18-16-14-12-10-8-6-4-2/h17-20,38-40,43H,3-16,21-37H2,1-2H3/b19-17-,20-18-/t38?,39-,40+. The van der Waals surface area contributed by atoms with Gasteiger partial charge in [0, 0.05) is 31.3 Å². The summed E-state index contributed by atoms with van der Waals surface area (Å²) in [6.07, 6.45) is 42.5. The molecule has 0 aliphatic heterocycles. The van der Waals surface area contributed by atoms with Crippen molar-refractivity contribution in [1.82, 2.24) is 0 Å². The first-order valence-corrected chi connectivity index (χ1v) is 20.4. The van der Waals surface area contributed by atoms with Crippen LogP contribution in [0, 0.1) is 17.8 Å². The Kier molecular flexibility index (Phi) is 30.4. The second-order valence-electron chi connectivity index (χ2n) is 14.2. The molecule has 1 fully saturated rings. The van der Waals surface area contributed by atoms with Crippen LogP contribution in [0.25, 0.3) is 0 Å². The van der Waals surface area contributed by atoms with Gasteiger partial charge in [-0.05, 0) is 70.1 Å². The van der Waals surface area contributed by atoms with Crippen LogP contribution in [-0.2, 0) is 19.1 Å². The fourth-order valence-electron chi connectivity index (χ4n) is 6.49. The summed E-state index contributed by atoms with van der Waals surface area (Å²) in [5.74, 6) is -0.0241. The monoisotopic (exact) mass is 661 g/mol. The van der Waals surface area contributed by atoms with Crippen LogP contribution in [0.2, 0.25) is 0 Å². The lowest BCUT2D eigenvalue weighted by atomic mass is 10.1. The maximum Gasteiger partial charge on any atom is 0.305 e. The van der Waals surface area contributed by atoms with E-state index in [1.165, 1.54) is 128 Å². The van der Waals surface area contributed by atoms with Crippen molar-refractivity contribution < 1.29 is 24.2 Å². The van der Waals surface area contributed by atoms with Crippen molar-refractivity contribution in [2.24, 2.45) is 17.8 Å². The molecule has 1 aliphatic carbocycles. The van der Waals surface area contributed by atoms with Gasteiger partial charge in [-0.3, -0.25) is 9.59 Å². The molecule has 1 aliphatic rings. The summed E-state index contributed by atoms with van der Waals surface area (Å²) in [5, 5.41) is 9.69. The highest BCUT2D eigenvalue weighted by Crippen LogP contribution is 2.46. The summed E-state index contributed by atoms with van der Waals surface area (Å²) in [6, 6.07) is 0. The zero-order chi connectivity index (χ0) is 34.0. The van der Waals surface area contributed by atoms with Crippen LogP contribution >= 0.6 is 0 Å². The highest BCUT2D eigenvalue weighted by atomic mass is 16.5. The molecule has 0 saturated heterocycles. The van der Waals surface area contributed by atoms with Crippen LogP contribution in [0.1, 0.15) is 194 Å². The van der Waals surface area contributed by atoms with Gasteiger partial charge < -0.3 is 14.6 Å². The number of allylic oxidation sites excluding steroid dienone is 4. The molecular weight excluding hydrogens is 584 g/mol. The fourth-order valence-corrected chi connectivity index (χ4v) is 6.49. The lowest BCUT2D eigenvalue weighted by molar-refractivity contribution is -0.146. The van der Waals surface area contributed by atoms with Gasteiger partial charge in [0.05, 0.1) is 13.2 Å². The first kappa shape index (κ1) is 43.4. The maximum absolute atomic E-state index is 12.2. The van der Waals surface area contributed by atoms with Crippen molar-refractivity contribution >= 4 is 11.9 Å². The molecule has 1 N–H and O–H groups in total. The van der Waals surface area contributed by atoms with E-state index < -0.39 is 0 Å². The predicted molar refractivity (Wildman–Crippen MR) is 198 cm³/mol. The Bertz CT molecular complexity index is 713. The number of esters is 2. The molecule has 0 radical (unpaired) electrons. The molecule has 0 heterocycles. The summed E-state index contributed by atoms with van der Waals surface area (Å²) in [7, 11) is 0. The van der Waals surface area contributed by atoms with Gasteiger partial charge in [0.2, 0.25) is 0 Å². The van der Waals surface area contributed by atoms with Gasteiger partial charge in [0.15, 0.2) is 0 Å². The van der Waals surface area contributed by atoms with E-state index >= 15 is 0 Å². The lowest BCUT2D eigenvalue weighted by Crippen LogP contribution is -2.11. The summed E-state index contributed by atoms with van der Waals surface area (Å²) >= 11 is 0. The zero-order valence-electron chi connectivity index (χ0n) is 31.0. The molecular formula is C42H76O5. The molecule has 274 valence electrons. The Morgan fingerprint density at radius 1 is 0.447 bits per heavy atom. The smallest absolute Gasteiger partial charge is 0.305 e. The highest BCUT2D eigenvalue weighted by molar-refractivity contribution is 5.69. The second kappa shape index (κ2) is 32.9. The minimum atomic E-state index is -0.147. The molecule has 0 aromatic rings. The first-order chi connectivity index (χ1) is 23.1. The Morgan fingerprint density at radius 3 is 1.06 bits per heavy atom. The number of hydrogen-bond acceptors (Lipinski definition) is 5. The Hall–Kier alpha value is -1.62. The average molecular weight is 661 g/mol. The number of aliphatic hydroxyl groups excluding tert-OH is 1. The largest absolute Gasteiger partial charge is 0.465 e. The number of carbonyl (C=O) groups excluding carboxylic acids is 2. The predicted octanol–water partition coefficient (Wildman–Crippen LogP) is 12.0. The number of hydrogen-bond donors (Lipinski definition) is 1. The quantitative estimate of drug-likeness (QED) is 0.0416. The number of carbonyl (C=O) groups is 2. The number of rotatable bonds is 35. The van der Waals surface area contributed by atoms with Crippen LogP contribution in [-0.4, -0.2) is 36.9 Å². The molecule has 1 saturated carbocycles. The third-order valence-electron chi connectivity index (χ3n) is 9.88. The average Bonchev–Trinajstić information content (AvgIpc) is 3.77. The lowest BCUT2D eigenvalue weighted by Gasteiger charge is -2.06. The second-order valence-corrected chi connectivity index (χ2v) is 14.2. The van der Waals surface area contributed by atoms with E-state index in [4.69, 9.17) is 9.47 Å². The van der Waals surface area contributed by atoms with Gasteiger partial charge in [-0.15, -0.1) is 0 Å². The van der Waals surface area contributed by atoms with Crippen molar-refractivity contribution in [2.45, 2.75) is 194 Å². The van der Waals surface area contributed by atoms with Gasteiger partial charge in [-0.2, -0.15) is 0 Å². The first-order valence-electron chi connectivity index (χ1n) is 20.4. The van der Waals surface area contributed by atoms with E-state index in [2.05, 4.69) is 38.2 Å². The van der Waals surface area contributed by atoms with Gasteiger partial charge in [0.1, 0.15) is 0 Å². The number of ether oxygens (including phenoxy) is 2. The summed E-state index contributed by atoms with van der Waals surface area (Å²) in [5.41, 5.74) is 0. The summed E-state index contributed by atoms with van der Waals surface area (Å²) < 4.78 is 11.0. The molecule has 5 nitrogen and oxygen atoms in total. The molecule has 1 unspecified atom stereocenters. The van der Waals surface area contributed by atoms with E-state index in [0.717, 1.165) is 38.5 Å². The number of aliphatic hydroxyl groups is 1. The molecule has 0 spiro atoms. The van der Waals surface area contributed by atoms with E-state index in [1.54, 1.807) is 0 Å². The number of unbranched alkanes of at least 4 members (excludes halogenated alkanes) is 22. The Balaban J connectivity index is 1.92. The molecule has 0 amide bonds. The topological polar surface area (TPSA) is 72.8 Å². The molecule has 47 heavy (non-hydrogen) atoms. The van der Waals surface area contributed by atoms with Crippen molar-refractivity contribution in [1.29, 1.82) is 0 Å². The van der Waals surface area contributed by atoms with Crippen LogP contribution in [0.4, 0.5) is 0 Å². The SMILES string of the molecule is CCCCCCCC/C=C\CCCCCCCC(=O)OC[C@@H]1C(CO)[C@@H]1COC(=O)CCCCCCC/C=C\CCCCCCCC. The van der Waals surface area contributed by atoms with Crippen LogP contribution in [0.15, 0.2) is 24.3 Å². The van der Waals surface area contributed by atoms with Gasteiger partial charge in [0.25, 0.3) is 0 Å². The molecule has 0 bridgehead atoms. The normalized spacial score (nSPS) is 17.6. The molecule has 3 atom stereocenters. The van der Waals surface area contributed by atoms with Gasteiger partial charge >= 0.3 is 11.9 Å². The van der Waals surface area contributed by atoms with Crippen molar-refractivity contribution in [2.75, 3.05) is 19.8 Å². The molecule has 0 aromatic heterocycles. The highest BCUT2D eigenvalue weighted by Gasteiger charge is 2.50. The van der Waals surface area contributed by atoms with Gasteiger partial charge in [-0.25, -0.2) is 0 Å². The van der Waals surface area contributed by atoms with E-state index in [9.17, 15) is 14.7 Å². The van der Waals surface area contributed by atoms with Crippen molar-refractivity contribution in [3.8, 4) is 0 Å². The fraction of sp³-hybridized carbons (Fsp3) is 0.857. The molecule has 5 heteroatoms. The van der Waals surface area contributed by atoms with Crippen molar-refractivity contribution in [3.05, 3.63) is 24.3 Å². The molecule has 0 aromatic carbocycles. The van der Waals surface area contributed by atoms with Gasteiger partial charge in [-0.1, -0.05) is 141 Å². The van der Waals surface area contributed by atoms with E-state index in [1.807, 2.05) is 0 Å². The minimum Gasteiger partial charge on any atom is -0.465 e. The van der Waals surface area contributed by atoms with E-state index in [-0.39, 0.29) is 36.3 Å².